The molecule has 1 N–H and O–H groups in total. The molecule has 2 aliphatic heterocycles. The molecule has 0 spiro atoms. The lowest BCUT2D eigenvalue weighted by Crippen LogP contribution is -2.30. The molecule has 0 saturated carbocycles. The number of rotatable bonds is 0. The Morgan fingerprint density at radius 3 is 3.19 bits per heavy atom. The lowest BCUT2D eigenvalue weighted by atomic mass is 9.79. The van der Waals surface area contributed by atoms with Gasteiger partial charge in [0.25, 0.3) is 0 Å². The van der Waals surface area contributed by atoms with Gasteiger partial charge >= 0.3 is 0 Å². The van der Waals surface area contributed by atoms with Crippen molar-refractivity contribution in [3.63, 3.8) is 0 Å². The molecule has 0 aromatic heterocycles. The molecule has 2 atom stereocenters. The van der Waals surface area contributed by atoms with Gasteiger partial charge in [0.05, 0.1) is 0 Å². The maximum atomic E-state index is 5.60. The number of hydrogen-bond acceptors (Lipinski definition) is 3. The predicted molar refractivity (Wildman–Crippen MR) is 60.0 cm³/mol. The SMILES string of the molecule is c1cc2c(c3c1OCO3)CC[C@@H]1NCC[C@@H]21. The first-order valence-corrected chi connectivity index (χ1v) is 6.08. The summed E-state index contributed by atoms with van der Waals surface area (Å²) in [5.74, 6) is 2.64. The minimum atomic E-state index is 0.387. The Morgan fingerprint density at radius 2 is 2.19 bits per heavy atom. The smallest absolute Gasteiger partial charge is 0.231 e. The number of ether oxygens (including phenoxy) is 2. The summed E-state index contributed by atoms with van der Waals surface area (Å²) >= 11 is 0. The van der Waals surface area contributed by atoms with Crippen LogP contribution < -0.4 is 14.8 Å². The third kappa shape index (κ3) is 1.07. The molecule has 84 valence electrons. The minimum Gasteiger partial charge on any atom is -0.454 e. The Bertz CT molecular complexity index is 444. The summed E-state index contributed by atoms with van der Waals surface area (Å²) in [6, 6.07) is 5.00. The third-order valence-electron chi connectivity index (χ3n) is 4.13. The molecule has 1 fully saturated rings. The average molecular weight is 217 g/mol. The first kappa shape index (κ1) is 8.88. The summed E-state index contributed by atoms with van der Waals surface area (Å²) in [7, 11) is 0. The van der Waals surface area contributed by atoms with E-state index in [1.54, 1.807) is 0 Å². The van der Waals surface area contributed by atoms with Gasteiger partial charge in [-0.15, -0.1) is 0 Å². The van der Waals surface area contributed by atoms with Gasteiger partial charge in [-0.2, -0.15) is 0 Å². The molecule has 2 heterocycles. The number of hydrogen-bond donors (Lipinski definition) is 1. The standard InChI is InChI=1S/C13H15NO2/c1-3-11-9(5-6-14-11)8-2-4-12-13(10(1)8)16-7-15-12/h2,4,9,11,14H,1,3,5-7H2/t9-,11-/m0/s1. The summed E-state index contributed by atoms with van der Waals surface area (Å²) in [5.41, 5.74) is 2.89. The molecule has 4 rings (SSSR count). The average Bonchev–Trinajstić information content (AvgIpc) is 2.96. The second kappa shape index (κ2) is 3.14. The van der Waals surface area contributed by atoms with Gasteiger partial charge in [0.1, 0.15) is 0 Å². The van der Waals surface area contributed by atoms with Crippen LogP contribution in [0.1, 0.15) is 29.9 Å². The molecule has 3 nitrogen and oxygen atoms in total. The molecule has 3 heteroatoms. The monoisotopic (exact) mass is 217 g/mol. The second-order valence-corrected chi connectivity index (χ2v) is 4.86. The van der Waals surface area contributed by atoms with Gasteiger partial charge < -0.3 is 14.8 Å². The van der Waals surface area contributed by atoms with Crippen molar-refractivity contribution in [2.45, 2.75) is 31.2 Å². The molecular formula is C13H15NO2. The minimum absolute atomic E-state index is 0.387. The zero-order valence-electron chi connectivity index (χ0n) is 9.16. The van der Waals surface area contributed by atoms with E-state index in [1.165, 1.54) is 24.0 Å². The van der Waals surface area contributed by atoms with Gasteiger partial charge in [-0.05, 0) is 37.4 Å². The molecule has 1 aliphatic carbocycles. The van der Waals surface area contributed by atoms with Crippen LogP contribution in [0.5, 0.6) is 11.5 Å². The summed E-state index contributed by atoms with van der Waals surface area (Å²) in [4.78, 5) is 0. The van der Waals surface area contributed by atoms with Crippen LogP contribution in [0.3, 0.4) is 0 Å². The molecule has 3 aliphatic rings. The fourth-order valence-electron chi connectivity index (χ4n) is 3.39. The van der Waals surface area contributed by atoms with Crippen molar-refractivity contribution in [3.05, 3.63) is 23.3 Å². The highest BCUT2D eigenvalue weighted by molar-refractivity contribution is 5.54. The largest absolute Gasteiger partial charge is 0.454 e. The van der Waals surface area contributed by atoms with Gasteiger partial charge in [0.15, 0.2) is 11.5 Å². The van der Waals surface area contributed by atoms with Crippen molar-refractivity contribution in [2.75, 3.05) is 13.3 Å². The van der Waals surface area contributed by atoms with Gasteiger partial charge in [-0.25, -0.2) is 0 Å². The molecule has 0 radical (unpaired) electrons. The fraction of sp³-hybridized carbons (Fsp3) is 0.538. The van der Waals surface area contributed by atoms with Crippen LogP contribution >= 0.6 is 0 Å². The predicted octanol–water partition coefficient (Wildman–Crippen LogP) is 1.81. The van der Waals surface area contributed by atoms with E-state index in [0.29, 0.717) is 18.8 Å². The van der Waals surface area contributed by atoms with E-state index in [1.807, 2.05) is 0 Å². The maximum Gasteiger partial charge on any atom is 0.231 e. The van der Waals surface area contributed by atoms with Crippen LogP contribution in [-0.2, 0) is 6.42 Å². The first-order chi connectivity index (χ1) is 7.93. The highest BCUT2D eigenvalue weighted by Gasteiger charge is 2.35. The van der Waals surface area contributed by atoms with E-state index < -0.39 is 0 Å². The van der Waals surface area contributed by atoms with Crippen LogP contribution in [0.15, 0.2) is 12.1 Å². The Hall–Kier alpha value is -1.22. The highest BCUT2D eigenvalue weighted by Crippen LogP contribution is 2.46. The topological polar surface area (TPSA) is 30.5 Å². The summed E-state index contributed by atoms with van der Waals surface area (Å²) in [6.07, 6.45) is 3.62. The maximum absolute atomic E-state index is 5.60. The number of fused-ring (bicyclic) bond motifs is 5. The van der Waals surface area contributed by atoms with Crippen LogP contribution in [0, 0.1) is 0 Å². The normalized spacial score (nSPS) is 30.0. The molecule has 0 bridgehead atoms. The highest BCUT2D eigenvalue weighted by atomic mass is 16.7. The van der Waals surface area contributed by atoms with E-state index in [4.69, 9.17) is 9.47 Å². The van der Waals surface area contributed by atoms with Crippen LogP contribution in [0.25, 0.3) is 0 Å². The Balaban J connectivity index is 1.86. The van der Waals surface area contributed by atoms with Crippen LogP contribution in [-0.4, -0.2) is 19.4 Å². The van der Waals surface area contributed by atoms with Crippen molar-refractivity contribution in [3.8, 4) is 11.5 Å². The first-order valence-electron chi connectivity index (χ1n) is 6.08. The third-order valence-corrected chi connectivity index (χ3v) is 4.13. The number of benzene rings is 1. The van der Waals surface area contributed by atoms with Gasteiger partial charge in [-0.1, -0.05) is 6.07 Å². The van der Waals surface area contributed by atoms with Crippen molar-refractivity contribution in [1.29, 1.82) is 0 Å². The lowest BCUT2D eigenvalue weighted by Gasteiger charge is -2.28. The fourth-order valence-corrected chi connectivity index (χ4v) is 3.39. The van der Waals surface area contributed by atoms with Gasteiger partial charge in [-0.3, -0.25) is 0 Å². The lowest BCUT2D eigenvalue weighted by molar-refractivity contribution is 0.173. The molecule has 1 aromatic rings. The summed E-state index contributed by atoms with van der Waals surface area (Å²) in [6.45, 7) is 1.54. The van der Waals surface area contributed by atoms with Crippen LogP contribution in [0.2, 0.25) is 0 Å². The van der Waals surface area contributed by atoms with Crippen molar-refractivity contribution in [2.24, 2.45) is 0 Å². The van der Waals surface area contributed by atoms with E-state index >= 15 is 0 Å². The van der Waals surface area contributed by atoms with Crippen LogP contribution in [0.4, 0.5) is 0 Å². The molecule has 16 heavy (non-hydrogen) atoms. The van der Waals surface area contributed by atoms with Crippen molar-refractivity contribution < 1.29 is 9.47 Å². The zero-order valence-corrected chi connectivity index (χ0v) is 9.16. The zero-order chi connectivity index (χ0) is 10.5. The van der Waals surface area contributed by atoms with E-state index in [2.05, 4.69) is 17.4 Å². The summed E-state index contributed by atoms with van der Waals surface area (Å²) < 4.78 is 11.0. The van der Waals surface area contributed by atoms with Crippen molar-refractivity contribution in [1.82, 2.24) is 5.32 Å². The van der Waals surface area contributed by atoms with Gasteiger partial charge in [0, 0.05) is 17.5 Å². The second-order valence-electron chi connectivity index (χ2n) is 4.86. The quantitative estimate of drug-likeness (QED) is 0.719. The van der Waals surface area contributed by atoms with E-state index in [9.17, 15) is 0 Å². The number of nitrogens with one attached hydrogen (secondary N) is 1. The van der Waals surface area contributed by atoms with E-state index in [-0.39, 0.29) is 0 Å². The Kier molecular flexibility index (Phi) is 1.74. The van der Waals surface area contributed by atoms with Crippen molar-refractivity contribution >= 4 is 0 Å². The van der Waals surface area contributed by atoms with E-state index in [0.717, 1.165) is 24.5 Å². The summed E-state index contributed by atoms with van der Waals surface area (Å²) in [5, 5.41) is 3.60. The molecule has 0 unspecified atom stereocenters. The molecular weight excluding hydrogens is 202 g/mol. The molecule has 1 saturated heterocycles. The molecule has 0 amide bonds. The molecule has 1 aromatic carbocycles. The van der Waals surface area contributed by atoms with Gasteiger partial charge in [0.2, 0.25) is 6.79 Å². The Morgan fingerprint density at radius 1 is 1.19 bits per heavy atom. The Labute approximate surface area is 94.7 Å².